The molecule has 0 spiro atoms. The molecule has 204 valence electrons. The van der Waals surface area contributed by atoms with Crippen molar-refractivity contribution in [3.8, 4) is 0 Å². The molecule has 1 aliphatic rings. The van der Waals surface area contributed by atoms with Crippen LogP contribution in [-0.4, -0.2) is 70.8 Å². The second-order valence-corrected chi connectivity index (χ2v) is 12.6. The molecule has 39 heavy (non-hydrogen) atoms. The molecule has 0 unspecified atom stereocenters. The molecule has 4 aromatic rings. The smallest absolute Gasteiger partial charge is 0.372 e. The Kier molecular flexibility index (Phi) is 7.13. The summed E-state index contributed by atoms with van der Waals surface area (Å²) in [6, 6.07) is 22.1. The van der Waals surface area contributed by atoms with Gasteiger partial charge in [-0.1, -0.05) is 42.5 Å². The van der Waals surface area contributed by atoms with Crippen molar-refractivity contribution in [1.29, 1.82) is 0 Å². The van der Waals surface area contributed by atoms with Crippen LogP contribution in [0.1, 0.15) is 21.7 Å². The predicted octanol–water partition coefficient (Wildman–Crippen LogP) is 4.77. The summed E-state index contributed by atoms with van der Waals surface area (Å²) in [5.74, 6) is -1.37. The van der Waals surface area contributed by atoms with Gasteiger partial charge in [0.25, 0.3) is 10.0 Å². The lowest BCUT2D eigenvalue weighted by molar-refractivity contribution is -0.890. The molecule has 3 aromatic carbocycles. The van der Waals surface area contributed by atoms with Crippen LogP contribution >= 0.6 is 0 Å². The number of aromatic carboxylic acids is 1. The summed E-state index contributed by atoms with van der Waals surface area (Å²) in [6.07, 6.45) is 0.536. The number of carbonyl (C=O) groups is 1. The number of benzene rings is 3. The van der Waals surface area contributed by atoms with Gasteiger partial charge in [0.1, 0.15) is 5.58 Å². The maximum absolute atomic E-state index is 14.3. The lowest BCUT2D eigenvalue weighted by Crippen LogP contribution is -2.55. The first-order chi connectivity index (χ1) is 18.6. The molecule has 1 fully saturated rings. The van der Waals surface area contributed by atoms with E-state index in [9.17, 15) is 18.3 Å². The van der Waals surface area contributed by atoms with E-state index in [0.29, 0.717) is 28.6 Å². The van der Waals surface area contributed by atoms with E-state index in [0.717, 1.165) is 41.9 Å². The maximum atomic E-state index is 14.3. The SMILES string of the molecule is Cc1c(C(=O)O)oc2ccc(S(=O)(=O)N(CCc3ccccc3)c3ccccc3N3CC[N+](C)(C)CC3)cc12. The van der Waals surface area contributed by atoms with Crippen LogP contribution in [0.4, 0.5) is 11.4 Å². The molecule has 0 aliphatic carbocycles. The number of likely N-dealkylation sites (N-methyl/N-ethyl adjacent to an activating group) is 1. The summed E-state index contributed by atoms with van der Waals surface area (Å²) in [5.41, 5.74) is 3.31. The van der Waals surface area contributed by atoms with Crippen molar-refractivity contribution < 1.29 is 27.2 Å². The minimum atomic E-state index is -4.01. The van der Waals surface area contributed by atoms with E-state index in [4.69, 9.17) is 4.42 Å². The highest BCUT2D eigenvalue weighted by atomic mass is 32.2. The summed E-state index contributed by atoms with van der Waals surface area (Å²) < 4.78 is 36.6. The Bertz CT molecular complexity index is 1600. The lowest BCUT2D eigenvalue weighted by Gasteiger charge is -2.41. The first-order valence-corrected chi connectivity index (χ1v) is 14.5. The number of fused-ring (bicyclic) bond motifs is 1. The fourth-order valence-electron chi connectivity index (χ4n) is 5.13. The molecule has 8 nitrogen and oxygen atoms in total. The van der Waals surface area contributed by atoms with Gasteiger partial charge in [-0.3, -0.25) is 4.31 Å². The van der Waals surface area contributed by atoms with Crippen molar-refractivity contribution in [2.24, 2.45) is 0 Å². The van der Waals surface area contributed by atoms with Crippen molar-refractivity contribution in [3.63, 3.8) is 0 Å². The second kappa shape index (κ2) is 10.4. The Morgan fingerprint density at radius 1 is 1.00 bits per heavy atom. The molecule has 0 saturated carbocycles. The van der Waals surface area contributed by atoms with Crippen LogP contribution < -0.4 is 9.21 Å². The summed E-state index contributed by atoms with van der Waals surface area (Å²) in [7, 11) is 0.410. The van der Waals surface area contributed by atoms with Crippen LogP contribution in [0.2, 0.25) is 0 Å². The maximum Gasteiger partial charge on any atom is 0.372 e. The third-order valence-electron chi connectivity index (χ3n) is 7.58. The van der Waals surface area contributed by atoms with Crippen LogP contribution in [0.5, 0.6) is 0 Å². The number of sulfonamides is 1. The van der Waals surface area contributed by atoms with Crippen molar-refractivity contribution >= 4 is 38.3 Å². The van der Waals surface area contributed by atoms with E-state index in [1.54, 1.807) is 6.92 Å². The zero-order valence-electron chi connectivity index (χ0n) is 22.5. The fourth-order valence-corrected chi connectivity index (χ4v) is 6.63. The molecule has 1 saturated heterocycles. The largest absolute Gasteiger partial charge is 0.475 e. The molecule has 1 aliphatic heterocycles. The molecule has 0 amide bonds. The number of aryl methyl sites for hydroxylation is 1. The van der Waals surface area contributed by atoms with Crippen LogP contribution in [0.15, 0.2) is 82.1 Å². The van der Waals surface area contributed by atoms with Gasteiger partial charge in [-0.15, -0.1) is 0 Å². The molecule has 5 rings (SSSR count). The highest BCUT2D eigenvalue weighted by molar-refractivity contribution is 7.92. The number of hydrogen-bond acceptors (Lipinski definition) is 5. The molecule has 0 atom stereocenters. The Balaban J connectivity index is 1.58. The van der Waals surface area contributed by atoms with E-state index in [-0.39, 0.29) is 17.2 Å². The average molecular weight is 549 g/mol. The lowest BCUT2D eigenvalue weighted by atomic mass is 10.1. The Hall–Kier alpha value is -3.82. The van der Waals surface area contributed by atoms with Crippen molar-refractivity contribution in [1.82, 2.24) is 0 Å². The first kappa shape index (κ1) is 26.8. The van der Waals surface area contributed by atoms with E-state index < -0.39 is 16.0 Å². The molecular formula is C30H34N3O5S+. The summed E-state index contributed by atoms with van der Waals surface area (Å²) in [5, 5.41) is 9.94. The standard InChI is InChI=1S/C30H33N3O5S/c1-22-25-21-24(13-14-28(25)38-29(22)30(34)35)39(36,37)32(16-15-23-9-5-4-6-10-23)27-12-8-7-11-26(27)31-17-19-33(2,3)20-18-31/h4-14,21H,15-20H2,1-3H3/p+1. The molecule has 1 N–H and O–H groups in total. The van der Waals surface area contributed by atoms with Gasteiger partial charge in [0.15, 0.2) is 0 Å². The predicted molar refractivity (Wildman–Crippen MR) is 153 cm³/mol. The van der Waals surface area contributed by atoms with Gasteiger partial charge in [-0.25, -0.2) is 13.2 Å². The number of anilines is 2. The number of piperazine rings is 1. The second-order valence-electron chi connectivity index (χ2n) is 10.7. The summed E-state index contributed by atoms with van der Waals surface area (Å²) >= 11 is 0. The third-order valence-corrected chi connectivity index (χ3v) is 9.39. The van der Waals surface area contributed by atoms with E-state index in [2.05, 4.69) is 19.0 Å². The molecule has 1 aromatic heterocycles. The van der Waals surface area contributed by atoms with Crippen molar-refractivity contribution in [3.05, 3.63) is 89.7 Å². The molecule has 0 radical (unpaired) electrons. The van der Waals surface area contributed by atoms with Gasteiger partial charge in [0, 0.05) is 17.5 Å². The minimum Gasteiger partial charge on any atom is -0.475 e. The molecule has 9 heteroatoms. The zero-order valence-corrected chi connectivity index (χ0v) is 23.3. The minimum absolute atomic E-state index is 0.0927. The average Bonchev–Trinajstić information content (AvgIpc) is 3.26. The number of furan rings is 1. The van der Waals surface area contributed by atoms with Crippen LogP contribution in [0, 0.1) is 6.92 Å². The topological polar surface area (TPSA) is 91.1 Å². The van der Waals surface area contributed by atoms with E-state index in [1.165, 1.54) is 22.5 Å². The van der Waals surface area contributed by atoms with Gasteiger partial charge in [0.05, 0.1) is 56.5 Å². The number of para-hydroxylation sites is 2. The fraction of sp³-hybridized carbons (Fsp3) is 0.300. The highest BCUT2D eigenvalue weighted by Gasteiger charge is 2.31. The number of nitrogens with zero attached hydrogens (tertiary/aromatic N) is 3. The summed E-state index contributed by atoms with van der Waals surface area (Å²) in [4.78, 5) is 14.0. The van der Waals surface area contributed by atoms with Gasteiger partial charge in [0.2, 0.25) is 5.76 Å². The molecule has 0 bridgehead atoms. The van der Waals surface area contributed by atoms with Crippen molar-refractivity contribution in [2.75, 3.05) is 56.0 Å². The summed E-state index contributed by atoms with van der Waals surface area (Å²) in [6.45, 7) is 5.47. The number of quaternary nitrogens is 1. The monoisotopic (exact) mass is 548 g/mol. The number of carboxylic acid groups (broad SMARTS) is 1. The first-order valence-electron chi connectivity index (χ1n) is 13.1. The molecular weight excluding hydrogens is 514 g/mol. The number of hydrogen-bond donors (Lipinski definition) is 1. The molecule has 2 heterocycles. The Morgan fingerprint density at radius 2 is 1.67 bits per heavy atom. The van der Waals surface area contributed by atoms with Crippen LogP contribution in [0.3, 0.4) is 0 Å². The third kappa shape index (κ3) is 5.37. The zero-order chi connectivity index (χ0) is 27.8. The Morgan fingerprint density at radius 3 is 2.36 bits per heavy atom. The van der Waals surface area contributed by atoms with Gasteiger partial charge >= 0.3 is 5.97 Å². The van der Waals surface area contributed by atoms with Gasteiger partial charge in [-0.05, 0) is 49.2 Å². The van der Waals surface area contributed by atoms with E-state index in [1.807, 2.05) is 54.6 Å². The number of rotatable bonds is 8. The van der Waals surface area contributed by atoms with Gasteiger partial charge in [-0.2, -0.15) is 0 Å². The van der Waals surface area contributed by atoms with Crippen LogP contribution in [-0.2, 0) is 16.4 Å². The van der Waals surface area contributed by atoms with E-state index >= 15 is 0 Å². The Labute approximate surface area is 229 Å². The van der Waals surface area contributed by atoms with Crippen molar-refractivity contribution in [2.45, 2.75) is 18.2 Å². The van der Waals surface area contributed by atoms with Gasteiger partial charge < -0.3 is 18.9 Å². The number of carboxylic acids is 1. The highest BCUT2D eigenvalue weighted by Crippen LogP contribution is 2.36. The van der Waals surface area contributed by atoms with Crippen LogP contribution in [0.25, 0.3) is 11.0 Å². The quantitative estimate of drug-likeness (QED) is 0.319. The normalized spacial score (nSPS) is 15.4.